The number of nitrogens with one attached hydrogen (secondary N) is 1. The third-order valence-corrected chi connectivity index (χ3v) is 6.74. The predicted octanol–water partition coefficient (Wildman–Crippen LogP) is 3.82. The summed E-state index contributed by atoms with van der Waals surface area (Å²) in [6.45, 7) is 1.75. The number of nitrogens with zero attached hydrogens (tertiary/aromatic N) is 2. The first-order chi connectivity index (χ1) is 14.5. The highest BCUT2D eigenvalue weighted by Gasteiger charge is 2.35. The standard InChI is InChI=1S/C23H22FN3O2S/c1-16(27-30(28,29)23-19-13-8-14-25-20(19)15-26-23)22(24)21(17-9-4-2-5-10-17)18-11-6-3-7-12-18/h2-14,16,21-22,27H,15H2,1H3/t16-,22?/m0/s1. The molecule has 1 N–H and O–H groups in total. The molecule has 0 radical (unpaired) electrons. The topological polar surface area (TPSA) is 71.4 Å². The van der Waals surface area contributed by atoms with Gasteiger partial charge in [-0.15, -0.1) is 0 Å². The molecule has 3 aromatic rings. The zero-order valence-corrected chi connectivity index (χ0v) is 17.3. The Kier molecular flexibility index (Phi) is 5.74. The van der Waals surface area contributed by atoms with E-state index in [0.29, 0.717) is 11.3 Å². The fourth-order valence-corrected chi connectivity index (χ4v) is 5.20. The monoisotopic (exact) mass is 423 g/mol. The smallest absolute Gasteiger partial charge is 0.258 e. The van der Waals surface area contributed by atoms with Gasteiger partial charge in [0.25, 0.3) is 10.0 Å². The molecule has 2 atom stereocenters. The van der Waals surface area contributed by atoms with Crippen molar-refractivity contribution in [3.8, 4) is 0 Å². The van der Waals surface area contributed by atoms with Crippen LogP contribution in [0, 0.1) is 0 Å². The Labute approximate surface area is 175 Å². The number of aromatic nitrogens is 1. The van der Waals surface area contributed by atoms with Crippen LogP contribution in [0.4, 0.5) is 4.39 Å². The molecule has 4 rings (SSSR count). The van der Waals surface area contributed by atoms with Crippen molar-refractivity contribution in [2.24, 2.45) is 4.99 Å². The molecule has 1 aliphatic rings. The number of pyridine rings is 1. The predicted molar refractivity (Wildman–Crippen MR) is 116 cm³/mol. The highest BCUT2D eigenvalue weighted by Crippen LogP contribution is 2.32. The molecule has 1 aliphatic heterocycles. The molecule has 5 nitrogen and oxygen atoms in total. The molecule has 1 aromatic heterocycles. The zero-order valence-electron chi connectivity index (χ0n) is 16.4. The molecule has 0 saturated carbocycles. The van der Waals surface area contributed by atoms with Crippen LogP contribution in [-0.2, 0) is 16.6 Å². The second kappa shape index (κ2) is 8.45. The highest BCUT2D eigenvalue weighted by molar-refractivity contribution is 8.05. The maximum Gasteiger partial charge on any atom is 0.258 e. The Morgan fingerprint density at radius 2 is 1.53 bits per heavy atom. The van der Waals surface area contributed by atoms with Crippen LogP contribution in [0.5, 0.6) is 0 Å². The summed E-state index contributed by atoms with van der Waals surface area (Å²) in [4.78, 5) is 8.29. The summed E-state index contributed by atoms with van der Waals surface area (Å²) >= 11 is 0. The molecule has 0 amide bonds. The van der Waals surface area contributed by atoms with Gasteiger partial charge in [-0.2, -0.15) is 0 Å². The van der Waals surface area contributed by atoms with E-state index in [-0.39, 0.29) is 11.6 Å². The second-order valence-corrected chi connectivity index (χ2v) is 8.90. The minimum absolute atomic E-state index is 0.0828. The first-order valence-corrected chi connectivity index (χ1v) is 11.2. The Hall–Kier alpha value is -2.90. The molecule has 0 aliphatic carbocycles. The lowest BCUT2D eigenvalue weighted by molar-refractivity contribution is 0.254. The normalized spacial score (nSPS) is 15.5. The van der Waals surface area contributed by atoms with Gasteiger partial charge in [-0.25, -0.2) is 17.5 Å². The van der Waals surface area contributed by atoms with Crippen molar-refractivity contribution in [2.45, 2.75) is 31.6 Å². The summed E-state index contributed by atoms with van der Waals surface area (Å²) in [7, 11) is -4.00. The van der Waals surface area contributed by atoms with E-state index in [9.17, 15) is 8.42 Å². The molecule has 30 heavy (non-hydrogen) atoms. The van der Waals surface area contributed by atoms with Crippen LogP contribution in [-0.4, -0.2) is 30.7 Å². The molecular weight excluding hydrogens is 401 g/mol. The average Bonchev–Trinajstić information content (AvgIpc) is 3.20. The number of benzene rings is 2. The van der Waals surface area contributed by atoms with Gasteiger partial charge >= 0.3 is 0 Å². The molecule has 154 valence electrons. The van der Waals surface area contributed by atoms with Crippen molar-refractivity contribution in [1.29, 1.82) is 0 Å². The first-order valence-electron chi connectivity index (χ1n) is 9.72. The lowest BCUT2D eigenvalue weighted by Gasteiger charge is -2.27. The number of sulfonamides is 1. The fourth-order valence-electron chi connectivity index (χ4n) is 3.76. The number of alkyl halides is 1. The van der Waals surface area contributed by atoms with Crippen molar-refractivity contribution < 1.29 is 12.8 Å². The van der Waals surface area contributed by atoms with Gasteiger partial charge in [-0.3, -0.25) is 9.98 Å². The Morgan fingerprint density at radius 3 is 2.13 bits per heavy atom. The van der Waals surface area contributed by atoms with Crippen LogP contribution in [0.3, 0.4) is 0 Å². The number of aliphatic imine (C=N–C) groups is 1. The van der Waals surface area contributed by atoms with Crippen molar-refractivity contribution in [3.63, 3.8) is 0 Å². The summed E-state index contributed by atoms with van der Waals surface area (Å²) in [6, 6.07) is 20.9. The van der Waals surface area contributed by atoms with E-state index in [1.165, 1.54) is 0 Å². The van der Waals surface area contributed by atoms with Gasteiger partial charge in [0, 0.05) is 17.7 Å². The van der Waals surface area contributed by atoms with Crippen LogP contribution in [0.15, 0.2) is 84.0 Å². The van der Waals surface area contributed by atoms with E-state index in [0.717, 1.165) is 11.1 Å². The molecule has 1 unspecified atom stereocenters. The summed E-state index contributed by atoms with van der Waals surface area (Å²) in [5.41, 5.74) is 2.65. The first kappa shape index (κ1) is 20.4. The van der Waals surface area contributed by atoms with Gasteiger partial charge < -0.3 is 0 Å². The third kappa shape index (κ3) is 4.04. The highest BCUT2D eigenvalue weighted by atomic mass is 32.2. The Bertz CT molecular complexity index is 1110. The molecule has 0 fully saturated rings. The maximum absolute atomic E-state index is 15.8. The van der Waals surface area contributed by atoms with Gasteiger partial charge in [0.05, 0.1) is 18.3 Å². The largest absolute Gasteiger partial charge is 0.265 e. The fraction of sp³-hybridized carbons (Fsp3) is 0.217. The maximum atomic E-state index is 15.8. The number of rotatable bonds is 6. The van der Waals surface area contributed by atoms with Crippen LogP contribution in [0.2, 0.25) is 0 Å². The van der Waals surface area contributed by atoms with E-state index in [1.54, 1.807) is 25.3 Å². The minimum atomic E-state index is -4.00. The molecule has 7 heteroatoms. The van der Waals surface area contributed by atoms with E-state index < -0.39 is 28.2 Å². The van der Waals surface area contributed by atoms with E-state index in [2.05, 4.69) is 14.7 Å². The molecule has 0 saturated heterocycles. The molecular formula is C23H22FN3O2S. The second-order valence-electron chi connectivity index (χ2n) is 7.27. The van der Waals surface area contributed by atoms with Crippen molar-refractivity contribution in [1.82, 2.24) is 9.71 Å². The zero-order chi connectivity index (χ0) is 21.1. The summed E-state index contributed by atoms with van der Waals surface area (Å²) < 4.78 is 44.2. The quantitative estimate of drug-likeness (QED) is 0.655. The molecule has 2 aromatic carbocycles. The number of fused-ring (bicyclic) bond motifs is 1. The average molecular weight is 424 g/mol. The van der Waals surface area contributed by atoms with Crippen molar-refractivity contribution in [3.05, 3.63) is 101 Å². The molecule has 0 spiro atoms. The number of hydrogen-bond donors (Lipinski definition) is 1. The van der Waals surface area contributed by atoms with Gasteiger partial charge in [0.2, 0.25) is 0 Å². The summed E-state index contributed by atoms with van der Waals surface area (Å²) in [5, 5.41) is -0.0828. The minimum Gasteiger partial charge on any atom is -0.265 e. The number of hydrogen-bond acceptors (Lipinski definition) is 4. The summed E-state index contributed by atoms with van der Waals surface area (Å²) in [5.74, 6) is -0.607. The summed E-state index contributed by atoms with van der Waals surface area (Å²) in [6.07, 6.45) is 0.113. The van der Waals surface area contributed by atoms with E-state index >= 15 is 4.39 Å². The molecule has 2 heterocycles. The van der Waals surface area contributed by atoms with E-state index in [4.69, 9.17) is 0 Å². The van der Waals surface area contributed by atoms with Crippen LogP contribution >= 0.6 is 0 Å². The van der Waals surface area contributed by atoms with Gasteiger partial charge in [-0.05, 0) is 30.2 Å². The van der Waals surface area contributed by atoms with Crippen LogP contribution in [0.25, 0.3) is 0 Å². The van der Waals surface area contributed by atoms with Gasteiger partial charge in [0.15, 0.2) is 5.04 Å². The van der Waals surface area contributed by atoms with Crippen molar-refractivity contribution in [2.75, 3.05) is 0 Å². The van der Waals surface area contributed by atoms with Gasteiger partial charge in [0.1, 0.15) is 6.17 Å². The van der Waals surface area contributed by atoms with E-state index in [1.807, 2.05) is 60.7 Å². The number of halogens is 1. The molecule has 0 bridgehead atoms. The lowest BCUT2D eigenvalue weighted by Crippen LogP contribution is -2.44. The Balaban J connectivity index is 1.61. The third-order valence-electron chi connectivity index (χ3n) is 5.20. The van der Waals surface area contributed by atoms with Crippen LogP contribution < -0.4 is 4.72 Å². The van der Waals surface area contributed by atoms with Crippen molar-refractivity contribution >= 4 is 15.1 Å². The van der Waals surface area contributed by atoms with Crippen LogP contribution in [0.1, 0.15) is 35.2 Å². The van der Waals surface area contributed by atoms with Gasteiger partial charge in [-0.1, -0.05) is 60.7 Å². The Morgan fingerprint density at radius 1 is 0.933 bits per heavy atom. The lowest BCUT2D eigenvalue weighted by atomic mass is 9.85. The SMILES string of the molecule is C[C@H](NS(=O)(=O)C1=NCc2ncccc21)C(F)C(c1ccccc1)c1ccccc1.